The molecule has 0 aromatic heterocycles. The third-order valence-electron chi connectivity index (χ3n) is 3.03. The van der Waals surface area contributed by atoms with E-state index in [-0.39, 0.29) is 5.91 Å². The zero-order valence-corrected chi connectivity index (χ0v) is 13.5. The molecule has 1 amide bonds. The van der Waals surface area contributed by atoms with E-state index >= 15 is 0 Å². The van der Waals surface area contributed by atoms with E-state index in [0.717, 1.165) is 5.56 Å². The normalized spacial score (nSPS) is 10.2. The first-order chi connectivity index (χ1) is 10.4. The minimum absolute atomic E-state index is 0.334. The van der Waals surface area contributed by atoms with E-state index < -0.39 is 5.97 Å². The zero-order chi connectivity index (χ0) is 16.3. The van der Waals surface area contributed by atoms with Gasteiger partial charge in [-0.1, -0.05) is 29.3 Å². The monoisotopic (exact) mass is 337 g/mol. The Hall–Kier alpha value is -2.04. The number of carbonyl (C=O) groups excluding carboxylic acids is 2. The number of rotatable bonds is 3. The third kappa shape index (κ3) is 3.78. The van der Waals surface area contributed by atoms with Gasteiger partial charge in [-0.05, 0) is 42.8 Å². The molecule has 0 heterocycles. The van der Waals surface area contributed by atoms with Crippen molar-refractivity contribution in [3.05, 3.63) is 63.1 Å². The number of aryl methyl sites for hydroxylation is 1. The summed E-state index contributed by atoms with van der Waals surface area (Å²) in [6, 6.07) is 9.50. The summed E-state index contributed by atoms with van der Waals surface area (Å²) in [6.45, 7) is 1.82. The van der Waals surface area contributed by atoms with Crippen LogP contribution in [0.1, 0.15) is 26.3 Å². The fourth-order valence-electron chi connectivity index (χ4n) is 1.88. The Labute approximate surface area is 138 Å². The summed E-state index contributed by atoms with van der Waals surface area (Å²) in [5, 5.41) is 3.48. The number of anilines is 1. The smallest absolute Gasteiger partial charge is 0.337 e. The molecule has 0 bridgehead atoms. The minimum atomic E-state index is -0.471. The Bertz CT molecular complexity index is 724. The fraction of sp³-hybridized carbons (Fsp3) is 0.125. The molecule has 0 radical (unpaired) electrons. The van der Waals surface area contributed by atoms with Crippen LogP contribution in [0.15, 0.2) is 36.4 Å². The average molecular weight is 338 g/mol. The van der Waals surface area contributed by atoms with E-state index in [2.05, 4.69) is 10.1 Å². The van der Waals surface area contributed by atoms with Gasteiger partial charge in [0.2, 0.25) is 0 Å². The van der Waals surface area contributed by atoms with Crippen molar-refractivity contribution in [2.45, 2.75) is 6.92 Å². The van der Waals surface area contributed by atoms with E-state index in [1.807, 2.05) is 6.92 Å². The quantitative estimate of drug-likeness (QED) is 0.847. The van der Waals surface area contributed by atoms with Crippen LogP contribution in [0.4, 0.5) is 5.69 Å². The summed E-state index contributed by atoms with van der Waals surface area (Å²) in [7, 11) is 1.30. The van der Waals surface area contributed by atoms with Crippen molar-refractivity contribution in [3.8, 4) is 0 Å². The van der Waals surface area contributed by atoms with Gasteiger partial charge in [0.1, 0.15) is 0 Å². The summed E-state index contributed by atoms with van der Waals surface area (Å²) in [5.74, 6) is -0.837. The van der Waals surface area contributed by atoms with Crippen LogP contribution in [0.5, 0.6) is 0 Å². The van der Waals surface area contributed by atoms with Gasteiger partial charge in [0, 0.05) is 21.3 Å². The standard InChI is InChI=1S/C16H13Cl2NO3/c1-9-3-4-10(16(21)22-2)7-14(9)19-15(20)11-5-12(17)8-13(18)6-11/h3-8H,1-2H3,(H,19,20). The second-order valence-corrected chi connectivity index (χ2v) is 5.51. The molecule has 0 unspecified atom stereocenters. The summed E-state index contributed by atoms with van der Waals surface area (Å²) in [5.41, 5.74) is 2.02. The summed E-state index contributed by atoms with van der Waals surface area (Å²) in [4.78, 5) is 23.8. The first-order valence-corrected chi connectivity index (χ1v) is 7.12. The predicted molar refractivity (Wildman–Crippen MR) is 86.9 cm³/mol. The van der Waals surface area contributed by atoms with Crippen LogP contribution >= 0.6 is 23.2 Å². The summed E-state index contributed by atoms with van der Waals surface area (Å²) in [6.07, 6.45) is 0. The Morgan fingerprint density at radius 3 is 2.23 bits per heavy atom. The fourth-order valence-corrected chi connectivity index (χ4v) is 2.41. The lowest BCUT2D eigenvalue weighted by Crippen LogP contribution is -2.13. The molecule has 0 spiro atoms. The molecule has 0 atom stereocenters. The molecule has 4 nitrogen and oxygen atoms in total. The topological polar surface area (TPSA) is 55.4 Å². The lowest BCUT2D eigenvalue weighted by molar-refractivity contribution is 0.0600. The molecular formula is C16H13Cl2NO3. The molecule has 22 heavy (non-hydrogen) atoms. The second-order valence-electron chi connectivity index (χ2n) is 4.63. The van der Waals surface area contributed by atoms with Gasteiger partial charge in [-0.15, -0.1) is 0 Å². The van der Waals surface area contributed by atoms with Gasteiger partial charge in [-0.25, -0.2) is 4.79 Å². The molecule has 6 heteroatoms. The first kappa shape index (κ1) is 16.3. The maximum atomic E-state index is 12.3. The van der Waals surface area contributed by atoms with Gasteiger partial charge in [-0.3, -0.25) is 4.79 Å². The second kappa shape index (κ2) is 6.81. The molecular weight excluding hydrogens is 325 g/mol. The lowest BCUT2D eigenvalue weighted by atomic mass is 10.1. The van der Waals surface area contributed by atoms with Gasteiger partial charge in [0.15, 0.2) is 0 Å². The van der Waals surface area contributed by atoms with E-state index in [1.54, 1.807) is 24.3 Å². The lowest BCUT2D eigenvalue weighted by Gasteiger charge is -2.10. The molecule has 114 valence electrons. The van der Waals surface area contributed by atoms with Crippen molar-refractivity contribution < 1.29 is 14.3 Å². The minimum Gasteiger partial charge on any atom is -0.465 e. The van der Waals surface area contributed by atoms with E-state index in [4.69, 9.17) is 23.2 Å². The van der Waals surface area contributed by atoms with Gasteiger partial charge in [0.25, 0.3) is 5.91 Å². The van der Waals surface area contributed by atoms with E-state index in [9.17, 15) is 9.59 Å². The van der Waals surface area contributed by atoms with Gasteiger partial charge in [0.05, 0.1) is 12.7 Å². The van der Waals surface area contributed by atoms with Crippen LogP contribution < -0.4 is 5.32 Å². The molecule has 2 aromatic rings. The predicted octanol–water partition coefficient (Wildman–Crippen LogP) is 4.34. The van der Waals surface area contributed by atoms with Crippen molar-refractivity contribution in [3.63, 3.8) is 0 Å². The van der Waals surface area contributed by atoms with Crippen LogP contribution in [0.2, 0.25) is 10.0 Å². The van der Waals surface area contributed by atoms with Crippen molar-refractivity contribution >= 4 is 40.8 Å². The highest BCUT2D eigenvalue weighted by Crippen LogP contribution is 2.22. The van der Waals surface area contributed by atoms with Gasteiger partial charge in [-0.2, -0.15) is 0 Å². The largest absolute Gasteiger partial charge is 0.465 e. The molecule has 2 rings (SSSR count). The van der Waals surface area contributed by atoms with Crippen LogP contribution in [-0.2, 0) is 4.74 Å². The van der Waals surface area contributed by atoms with Crippen LogP contribution in [-0.4, -0.2) is 19.0 Å². The molecule has 2 aromatic carbocycles. The molecule has 0 fully saturated rings. The molecule has 1 N–H and O–H groups in total. The van der Waals surface area contributed by atoms with E-state index in [1.165, 1.54) is 19.2 Å². The zero-order valence-electron chi connectivity index (χ0n) is 11.9. The SMILES string of the molecule is COC(=O)c1ccc(C)c(NC(=O)c2cc(Cl)cc(Cl)c2)c1. The van der Waals surface area contributed by atoms with Crippen molar-refractivity contribution in [2.24, 2.45) is 0 Å². The van der Waals surface area contributed by atoms with Crippen molar-refractivity contribution in [2.75, 3.05) is 12.4 Å². The molecule has 0 saturated heterocycles. The van der Waals surface area contributed by atoms with Crippen molar-refractivity contribution in [1.29, 1.82) is 0 Å². The van der Waals surface area contributed by atoms with E-state index in [0.29, 0.717) is 26.9 Å². The number of hydrogen-bond donors (Lipinski definition) is 1. The summed E-state index contributed by atoms with van der Waals surface area (Å²) < 4.78 is 4.67. The molecule has 0 aliphatic heterocycles. The maximum Gasteiger partial charge on any atom is 0.337 e. The Morgan fingerprint density at radius 1 is 1.00 bits per heavy atom. The number of hydrogen-bond acceptors (Lipinski definition) is 3. The number of nitrogens with one attached hydrogen (secondary N) is 1. The van der Waals surface area contributed by atoms with Gasteiger partial charge >= 0.3 is 5.97 Å². The number of benzene rings is 2. The Kier molecular flexibility index (Phi) is 5.06. The third-order valence-corrected chi connectivity index (χ3v) is 3.47. The number of amides is 1. The number of methoxy groups -OCH3 is 1. The highest BCUT2D eigenvalue weighted by atomic mass is 35.5. The summed E-state index contributed by atoms with van der Waals surface area (Å²) >= 11 is 11.8. The van der Waals surface area contributed by atoms with Crippen LogP contribution in [0.25, 0.3) is 0 Å². The highest BCUT2D eigenvalue weighted by Gasteiger charge is 2.12. The number of halogens is 2. The molecule has 0 saturated carbocycles. The van der Waals surface area contributed by atoms with Crippen molar-refractivity contribution in [1.82, 2.24) is 0 Å². The van der Waals surface area contributed by atoms with Crippen LogP contribution in [0, 0.1) is 6.92 Å². The number of esters is 1. The van der Waals surface area contributed by atoms with Gasteiger partial charge < -0.3 is 10.1 Å². The maximum absolute atomic E-state index is 12.3. The molecule has 0 aliphatic rings. The first-order valence-electron chi connectivity index (χ1n) is 6.37. The number of ether oxygens (including phenoxy) is 1. The highest BCUT2D eigenvalue weighted by molar-refractivity contribution is 6.35. The average Bonchev–Trinajstić information content (AvgIpc) is 2.47. The van der Waals surface area contributed by atoms with Crippen LogP contribution in [0.3, 0.4) is 0 Å². The Morgan fingerprint density at radius 2 is 1.64 bits per heavy atom. The molecule has 0 aliphatic carbocycles. The Balaban J connectivity index is 2.29. The number of carbonyl (C=O) groups is 2.